The first-order valence-corrected chi connectivity index (χ1v) is 10.9. The van der Waals surface area contributed by atoms with Gasteiger partial charge in [-0.1, -0.05) is 6.07 Å². The van der Waals surface area contributed by atoms with Crippen molar-refractivity contribution in [3.05, 3.63) is 33.6 Å². The van der Waals surface area contributed by atoms with Gasteiger partial charge in [0.25, 0.3) is 5.91 Å². The number of nitrogen functional groups attached to an aromatic ring is 1. The average Bonchev–Trinajstić information content (AvgIpc) is 3.26. The fourth-order valence-corrected chi connectivity index (χ4v) is 5.28. The van der Waals surface area contributed by atoms with Crippen molar-refractivity contribution in [3.63, 3.8) is 0 Å². The molecule has 1 aliphatic heterocycles. The van der Waals surface area contributed by atoms with Gasteiger partial charge >= 0.3 is 6.09 Å². The van der Waals surface area contributed by atoms with E-state index in [1.807, 2.05) is 38.3 Å². The predicted octanol–water partition coefficient (Wildman–Crippen LogP) is 4.00. The lowest BCUT2D eigenvalue weighted by Gasteiger charge is -2.31. The molecule has 0 atom stereocenters. The van der Waals surface area contributed by atoms with E-state index in [1.165, 1.54) is 11.3 Å². The minimum absolute atomic E-state index is 0.316. The van der Waals surface area contributed by atoms with Gasteiger partial charge in [-0.05, 0) is 44.2 Å². The third-order valence-electron chi connectivity index (χ3n) is 4.68. The van der Waals surface area contributed by atoms with Crippen LogP contribution in [-0.2, 0) is 17.7 Å². The lowest BCUT2D eigenvalue weighted by Crippen LogP contribution is -2.40. The van der Waals surface area contributed by atoms with Gasteiger partial charge in [-0.3, -0.25) is 4.79 Å². The van der Waals surface area contributed by atoms with Gasteiger partial charge in [-0.15, -0.1) is 22.7 Å². The first-order valence-electron chi connectivity index (χ1n) is 9.21. The van der Waals surface area contributed by atoms with Crippen molar-refractivity contribution in [1.29, 1.82) is 0 Å². The highest BCUT2D eigenvalue weighted by Gasteiger charge is 2.31. The quantitative estimate of drug-likeness (QED) is 0.638. The molecule has 29 heavy (non-hydrogen) atoms. The van der Waals surface area contributed by atoms with E-state index in [0.29, 0.717) is 34.9 Å². The number of aromatic nitrogens is 1. The molecule has 1 aliphatic rings. The summed E-state index contributed by atoms with van der Waals surface area (Å²) in [5.41, 5.74) is 14.5. The van der Waals surface area contributed by atoms with Crippen molar-refractivity contribution in [3.8, 4) is 10.4 Å². The lowest BCUT2D eigenvalue weighted by molar-refractivity contribution is 0.0221. The Balaban J connectivity index is 1.85. The number of pyridine rings is 1. The molecule has 0 unspecified atom stereocenters. The molecule has 0 fully saturated rings. The maximum Gasteiger partial charge on any atom is 0.410 e. The molecule has 4 rings (SSSR count). The average molecular weight is 431 g/mol. The minimum Gasteiger partial charge on any atom is -0.444 e. The molecule has 4 heterocycles. The van der Waals surface area contributed by atoms with Crippen molar-refractivity contribution >= 4 is 50.6 Å². The van der Waals surface area contributed by atoms with Crippen LogP contribution in [-0.4, -0.2) is 34.0 Å². The Morgan fingerprint density at radius 2 is 2.07 bits per heavy atom. The summed E-state index contributed by atoms with van der Waals surface area (Å²) in [4.78, 5) is 32.8. The van der Waals surface area contributed by atoms with Crippen LogP contribution in [0.2, 0.25) is 0 Å². The highest BCUT2D eigenvalue weighted by Crippen LogP contribution is 2.44. The highest BCUT2D eigenvalue weighted by molar-refractivity contribution is 7.21. The molecule has 0 bridgehead atoms. The van der Waals surface area contributed by atoms with E-state index < -0.39 is 11.5 Å². The molecule has 2 amide bonds. The summed E-state index contributed by atoms with van der Waals surface area (Å²) in [6.07, 6.45) is 0.276. The number of hydrogen-bond donors (Lipinski definition) is 2. The first-order chi connectivity index (χ1) is 13.7. The maximum absolute atomic E-state index is 12.5. The number of rotatable bonds is 2. The fourth-order valence-electron chi connectivity index (χ4n) is 3.50. The third kappa shape index (κ3) is 3.56. The number of carbonyl (C=O) groups excluding carboxylic acids is 2. The first kappa shape index (κ1) is 19.7. The number of primary amides is 1. The number of thiophene rings is 2. The molecule has 0 saturated carbocycles. The molecule has 4 N–H and O–H groups in total. The molecule has 0 saturated heterocycles. The predicted molar refractivity (Wildman–Crippen MR) is 116 cm³/mol. The Morgan fingerprint density at radius 3 is 2.69 bits per heavy atom. The van der Waals surface area contributed by atoms with Crippen LogP contribution in [0.3, 0.4) is 0 Å². The molecule has 152 valence electrons. The smallest absolute Gasteiger partial charge is 0.410 e. The monoisotopic (exact) mass is 430 g/mol. The van der Waals surface area contributed by atoms with Gasteiger partial charge in [0.15, 0.2) is 0 Å². The molecule has 0 radical (unpaired) electrons. The van der Waals surface area contributed by atoms with E-state index in [0.717, 1.165) is 27.1 Å². The topological polar surface area (TPSA) is 112 Å². The number of amides is 2. The fraction of sp³-hybridized carbons (Fsp3) is 0.350. The van der Waals surface area contributed by atoms with E-state index in [-0.39, 0.29) is 6.09 Å². The van der Waals surface area contributed by atoms with E-state index >= 15 is 0 Å². The van der Waals surface area contributed by atoms with E-state index in [2.05, 4.69) is 0 Å². The summed E-state index contributed by atoms with van der Waals surface area (Å²) < 4.78 is 5.52. The largest absolute Gasteiger partial charge is 0.444 e. The molecule has 7 nitrogen and oxygen atoms in total. The van der Waals surface area contributed by atoms with Crippen molar-refractivity contribution < 1.29 is 14.3 Å². The molecule has 3 aromatic heterocycles. The Morgan fingerprint density at radius 1 is 1.31 bits per heavy atom. The Hall–Kier alpha value is -2.65. The van der Waals surface area contributed by atoms with Gasteiger partial charge in [0, 0.05) is 22.4 Å². The Kier molecular flexibility index (Phi) is 4.74. The van der Waals surface area contributed by atoms with Crippen molar-refractivity contribution in [2.75, 3.05) is 12.3 Å². The van der Waals surface area contributed by atoms with Crippen LogP contribution in [0.15, 0.2) is 17.5 Å². The number of fused-ring (bicyclic) bond motifs is 2. The maximum atomic E-state index is 12.5. The van der Waals surface area contributed by atoms with Crippen molar-refractivity contribution in [2.45, 2.75) is 39.3 Å². The molecular formula is C20H22N4O3S2. The second-order valence-electron chi connectivity index (χ2n) is 7.93. The van der Waals surface area contributed by atoms with Crippen molar-refractivity contribution in [2.24, 2.45) is 5.73 Å². The number of carbonyl (C=O) groups is 2. The number of ether oxygens (including phenoxy) is 1. The summed E-state index contributed by atoms with van der Waals surface area (Å²) in [5, 5.41) is 2.78. The summed E-state index contributed by atoms with van der Waals surface area (Å²) in [6.45, 7) is 6.42. The summed E-state index contributed by atoms with van der Waals surface area (Å²) in [5.74, 6) is -0.559. The minimum atomic E-state index is -0.560. The van der Waals surface area contributed by atoms with Gasteiger partial charge in [0.1, 0.15) is 15.3 Å². The van der Waals surface area contributed by atoms with Crippen LogP contribution in [0.1, 0.15) is 41.7 Å². The number of anilines is 1. The number of nitrogens with zero attached hydrogens (tertiary/aromatic N) is 2. The van der Waals surface area contributed by atoms with Crippen LogP contribution >= 0.6 is 22.7 Å². The van der Waals surface area contributed by atoms with E-state index in [1.54, 1.807) is 16.2 Å². The van der Waals surface area contributed by atoms with Gasteiger partial charge in [-0.2, -0.15) is 0 Å². The normalized spacial score (nSPS) is 14.1. The number of hydrogen-bond acceptors (Lipinski definition) is 7. The van der Waals surface area contributed by atoms with Gasteiger partial charge in [0.2, 0.25) is 0 Å². The SMILES string of the molecule is CC(C)(C)OC(=O)N1CCc2c(nc3sc(C(N)=O)c(N)c3c2-c2cccs2)C1. The molecular weight excluding hydrogens is 408 g/mol. The lowest BCUT2D eigenvalue weighted by atomic mass is 9.95. The van der Waals surface area contributed by atoms with E-state index in [9.17, 15) is 9.59 Å². The summed E-state index contributed by atoms with van der Waals surface area (Å²) in [6, 6.07) is 4.01. The standard InChI is InChI=1S/C20H22N4O3S2/c1-20(2,3)27-19(26)24-7-6-10-11(9-24)23-18-14(13(10)12-5-4-8-28-12)15(21)16(29-18)17(22)25/h4-5,8H,6-7,9,21H2,1-3H3,(H2,22,25). The van der Waals surface area contributed by atoms with E-state index in [4.69, 9.17) is 21.2 Å². The third-order valence-corrected chi connectivity index (χ3v) is 6.68. The molecule has 0 spiro atoms. The molecule has 0 aliphatic carbocycles. The van der Waals surface area contributed by atoms with Crippen LogP contribution in [0.5, 0.6) is 0 Å². The molecule has 9 heteroatoms. The molecule has 3 aromatic rings. The zero-order valence-electron chi connectivity index (χ0n) is 16.4. The van der Waals surface area contributed by atoms with Crippen LogP contribution in [0.25, 0.3) is 20.7 Å². The Bertz CT molecular complexity index is 1110. The Labute approximate surface area is 176 Å². The van der Waals surface area contributed by atoms with Crippen LogP contribution in [0, 0.1) is 0 Å². The zero-order valence-corrected chi connectivity index (χ0v) is 18.1. The van der Waals surface area contributed by atoms with Crippen molar-refractivity contribution in [1.82, 2.24) is 9.88 Å². The highest BCUT2D eigenvalue weighted by atomic mass is 32.1. The second-order valence-corrected chi connectivity index (χ2v) is 9.88. The van der Waals surface area contributed by atoms with Gasteiger partial charge in [-0.25, -0.2) is 9.78 Å². The molecule has 0 aromatic carbocycles. The van der Waals surface area contributed by atoms with Crippen LogP contribution < -0.4 is 11.5 Å². The summed E-state index contributed by atoms with van der Waals surface area (Å²) >= 11 is 2.80. The van der Waals surface area contributed by atoms with Gasteiger partial charge < -0.3 is 21.1 Å². The second kappa shape index (κ2) is 7.00. The summed E-state index contributed by atoms with van der Waals surface area (Å²) in [7, 11) is 0. The van der Waals surface area contributed by atoms with Gasteiger partial charge in [0.05, 0.1) is 17.9 Å². The van der Waals surface area contributed by atoms with Crippen LogP contribution in [0.4, 0.5) is 10.5 Å². The number of nitrogens with two attached hydrogens (primary N) is 2. The zero-order chi connectivity index (χ0) is 20.9.